The molecule has 1 amide bonds. The van der Waals surface area contributed by atoms with Crippen LogP contribution in [0.15, 0.2) is 42.5 Å². The van der Waals surface area contributed by atoms with Gasteiger partial charge in [-0.25, -0.2) is 0 Å². The average Bonchev–Trinajstić information content (AvgIpc) is 2.37. The van der Waals surface area contributed by atoms with E-state index in [1.54, 1.807) is 18.2 Å². The van der Waals surface area contributed by atoms with Crippen molar-refractivity contribution in [3.63, 3.8) is 0 Å². The molecule has 0 spiro atoms. The summed E-state index contributed by atoms with van der Waals surface area (Å²) in [6, 6.07) is 12.7. The smallest absolute Gasteiger partial charge is 0.248 e. The summed E-state index contributed by atoms with van der Waals surface area (Å²) < 4.78 is 5.65. The second-order valence-electron chi connectivity index (χ2n) is 4.28. The molecule has 0 radical (unpaired) electrons. The molecule has 0 unspecified atom stereocenters. The molecule has 0 fully saturated rings. The quantitative estimate of drug-likeness (QED) is 0.930. The summed E-state index contributed by atoms with van der Waals surface area (Å²) >= 11 is 6.08. The van der Waals surface area contributed by atoms with E-state index in [2.05, 4.69) is 0 Å². The first-order valence-corrected chi connectivity index (χ1v) is 6.22. The first kappa shape index (κ1) is 13.4. The zero-order valence-corrected chi connectivity index (χ0v) is 11.3. The van der Waals surface area contributed by atoms with E-state index in [4.69, 9.17) is 22.1 Å². The summed E-state index contributed by atoms with van der Waals surface area (Å²) in [7, 11) is 0. The van der Waals surface area contributed by atoms with Crippen LogP contribution in [0.25, 0.3) is 0 Å². The monoisotopic (exact) mass is 275 g/mol. The first-order valence-electron chi connectivity index (χ1n) is 5.84. The van der Waals surface area contributed by atoms with Gasteiger partial charge in [-0.05, 0) is 36.8 Å². The maximum Gasteiger partial charge on any atom is 0.248 e. The van der Waals surface area contributed by atoms with Gasteiger partial charge in [0.05, 0.1) is 0 Å². The zero-order valence-electron chi connectivity index (χ0n) is 10.5. The molecule has 0 aromatic heterocycles. The third-order valence-electron chi connectivity index (χ3n) is 2.72. The van der Waals surface area contributed by atoms with Crippen molar-refractivity contribution in [1.29, 1.82) is 0 Å². The van der Waals surface area contributed by atoms with Gasteiger partial charge < -0.3 is 10.5 Å². The Bertz CT molecular complexity index is 611. The van der Waals surface area contributed by atoms with E-state index < -0.39 is 5.91 Å². The van der Waals surface area contributed by atoms with Crippen molar-refractivity contribution in [3.05, 3.63) is 64.2 Å². The Labute approximate surface area is 117 Å². The molecule has 0 heterocycles. The lowest BCUT2D eigenvalue weighted by Crippen LogP contribution is -2.11. The molecule has 0 aliphatic carbocycles. The Hall–Kier alpha value is -2.00. The van der Waals surface area contributed by atoms with Gasteiger partial charge in [-0.2, -0.15) is 0 Å². The molecular formula is C15H14ClNO2. The normalized spacial score (nSPS) is 10.2. The van der Waals surface area contributed by atoms with E-state index >= 15 is 0 Å². The molecule has 2 N–H and O–H groups in total. The Morgan fingerprint density at radius 2 is 2.05 bits per heavy atom. The summed E-state index contributed by atoms with van der Waals surface area (Å²) in [4.78, 5) is 11.0. The fraction of sp³-hybridized carbons (Fsp3) is 0.133. The molecule has 0 saturated carbocycles. The number of halogens is 1. The van der Waals surface area contributed by atoms with E-state index in [1.165, 1.54) is 0 Å². The van der Waals surface area contributed by atoms with Gasteiger partial charge in [0, 0.05) is 16.1 Å². The second kappa shape index (κ2) is 5.76. The lowest BCUT2D eigenvalue weighted by atomic mass is 10.1. The molecule has 2 aromatic rings. The van der Waals surface area contributed by atoms with Crippen LogP contribution in [0.5, 0.6) is 5.75 Å². The van der Waals surface area contributed by atoms with E-state index in [0.29, 0.717) is 17.2 Å². The fourth-order valence-corrected chi connectivity index (χ4v) is 1.92. The van der Waals surface area contributed by atoms with E-state index in [-0.39, 0.29) is 0 Å². The average molecular weight is 276 g/mol. The number of benzene rings is 2. The van der Waals surface area contributed by atoms with Gasteiger partial charge in [-0.1, -0.05) is 29.8 Å². The van der Waals surface area contributed by atoms with E-state index in [0.717, 1.165) is 16.9 Å². The summed E-state index contributed by atoms with van der Waals surface area (Å²) in [6.45, 7) is 2.35. The zero-order chi connectivity index (χ0) is 13.8. The number of hydrogen-bond acceptors (Lipinski definition) is 2. The van der Waals surface area contributed by atoms with Gasteiger partial charge in [-0.3, -0.25) is 4.79 Å². The van der Waals surface area contributed by atoms with Gasteiger partial charge in [0.25, 0.3) is 0 Å². The van der Waals surface area contributed by atoms with Gasteiger partial charge in [0.15, 0.2) is 0 Å². The van der Waals surface area contributed by atoms with Crippen LogP contribution in [-0.4, -0.2) is 5.91 Å². The van der Waals surface area contributed by atoms with Crippen molar-refractivity contribution < 1.29 is 9.53 Å². The molecule has 0 atom stereocenters. The van der Waals surface area contributed by atoms with Gasteiger partial charge in [-0.15, -0.1) is 0 Å². The van der Waals surface area contributed by atoms with Crippen molar-refractivity contribution in [2.75, 3.05) is 0 Å². The maximum absolute atomic E-state index is 11.0. The van der Waals surface area contributed by atoms with E-state index in [9.17, 15) is 4.79 Å². The van der Waals surface area contributed by atoms with Crippen LogP contribution in [0, 0.1) is 6.92 Å². The number of rotatable bonds is 4. The van der Waals surface area contributed by atoms with Crippen LogP contribution in [-0.2, 0) is 6.61 Å². The number of amides is 1. The van der Waals surface area contributed by atoms with Crippen LogP contribution in [0.2, 0.25) is 5.02 Å². The number of primary amides is 1. The van der Waals surface area contributed by atoms with Gasteiger partial charge in [0.1, 0.15) is 12.4 Å². The highest BCUT2D eigenvalue weighted by atomic mass is 35.5. The second-order valence-corrected chi connectivity index (χ2v) is 4.68. The summed E-state index contributed by atoms with van der Waals surface area (Å²) in [6.07, 6.45) is 0. The predicted molar refractivity (Wildman–Crippen MR) is 75.5 cm³/mol. The number of hydrogen-bond donors (Lipinski definition) is 1. The molecule has 0 saturated heterocycles. The minimum atomic E-state index is -0.493. The van der Waals surface area contributed by atoms with Crippen molar-refractivity contribution in [1.82, 2.24) is 0 Å². The number of ether oxygens (including phenoxy) is 1. The summed E-state index contributed by atoms with van der Waals surface area (Å²) in [5.41, 5.74) is 7.52. The van der Waals surface area contributed by atoms with Crippen LogP contribution >= 0.6 is 11.6 Å². The molecule has 0 bridgehead atoms. The number of carbonyl (C=O) groups is 1. The van der Waals surface area contributed by atoms with Crippen LogP contribution in [0.3, 0.4) is 0 Å². The summed E-state index contributed by atoms with van der Waals surface area (Å²) in [5, 5.41) is 0.476. The molecule has 0 aliphatic heterocycles. The summed E-state index contributed by atoms with van der Waals surface area (Å²) in [5.74, 6) is 0.295. The van der Waals surface area contributed by atoms with Crippen LogP contribution in [0.1, 0.15) is 21.5 Å². The number of carbonyl (C=O) groups excluding carboxylic acids is 1. The molecule has 2 aromatic carbocycles. The third kappa shape index (κ3) is 3.48. The minimum Gasteiger partial charge on any atom is -0.489 e. The SMILES string of the molecule is Cc1cccc(OCc2ccc(C(N)=O)cc2Cl)c1. The predicted octanol–water partition coefficient (Wildman–Crippen LogP) is 3.33. The van der Waals surface area contributed by atoms with Gasteiger partial charge >= 0.3 is 0 Å². The maximum atomic E-state index is 11.0. The van der Waals surface area contributed by atoms with Crippen molar-refractivity contribution in [2.45, 2.75) is 13.5 Å². The fourth-order valence-electron chi connectivity index (χ4n) is 1.68. The molecule has 4 heteroatoms. The van der Waals surface area contributed by atoms with Gasteiger partial charge in [0.2, 0.25) is 5.91 Å². The standard InChI is InChI=1S/C15H14ClNO2/c1-10-3-2-4-13(7-10)19-9-12-6-5-11(15(17)18)8-14(12)16/h2-8H,9H2,1H3,(H2,17,18). The molecule has 19 heavy (non-hydrogen) atoms. The topological polar surface area (TPSA) is 52.3 Å². The Kier molecular flexibility index (Phi) is 4.07. The molecule has 0 aliphatic rings. The van der Waals surface area contributed by atoms with E-state index in [1.807, 2.05) is 31.2 Å². The number of nitrogens with two attached hydrogens (primary N) is 1. The van der Waals surface area contributed by atoms with Crippen LogP contribution < -0.4 is 10.5 Å². The van der Waals surface area contributed by atoms with Crippen molar-refractivity contribution >= 4 is 17.5 Å². The molecule has 98 valence electrons. The first-order chi connectivity index (χ1) is 9.06. The Morgan fingerprint density at radius 1 is 1.26 bits per heavy atom. The lowest BCUT2D eigenvalue weighted by molar-refractivity contribution is 0.1000. The largest absolute Gasteiger partial charge is 0.489 e. The highest BCUT2D eigenvalue weighted by Crippen LogP contribution is 2.20. The Morgan fingerprint density at radius 3 is 2.68 bits per heavy atom. The highest BCUT2D eigenvalue weighted by molar-refractivity contribution is 6.31. The van der Waals surface area contributed by atoms with Crippen LogP contribution in [0.4, 0.5) is 0 Å². The highest BCUT2D eigenvalue weighted by Gasteiger charge is 2.06. The minimum absolute atomic E-state index is 0.349. The lowest BCUT2D eigenvalue weighted by Gasteiger charge is -2.09. The van der Waals surface area contributed by atoms with Crippen molar-refractivity contribution in [3.8, 4) is 5.75 Å². The molecular weight excluding hydrogens is 262 g/mol. The Balaban J connectivity index is 2.10. The van der Waals surface area contributed by atoms with Crippen molar-refractivity contribution in [2.24, 2.45) is 5.73 Å². The third-order valence-corrected chi connectivity index (χ3v) is 3.07. The molecule has 2 rings (SSSR count). The number of aryl methyl sites for hydroxylation is 1. The molecule has 3 nitrogen and oxygen atoms in total.